The number of hydrogen-bond donors (Lipinski definition) is 2. The summed E-state index contributed by atoms with van der Waals surface area (Å²) in [5, 5.41) is 3.86. The van der Waals surface area contributed by atoms with Crippen molar-refractivity contribution in [3.63, 3.8) is 0 Å². The minimum Gasteiger partial charge on any atom is -0.497 e. The van der Waals surface area contributed by atoms with Crippen molar-refractivity contribution in [2.75, 3.05) is 12.4 Å². The van der Waals surface area contributed by atoms with Crippen LogP contribution in [0.25, 0.3) is 0 Å². The largest absolute Gasteiger partial charge is 0.497 e. The molecular formula is C14H13ClN2OS. The Morgan fingerprint density at radius 3 is 2.47 bits per heavy atom. The molecule has 0 unspecified atom stereocenters. The van der Waals surface area contributed by atoms with E-state index in [-0.39, 0.29) is 0 Å². The van der Waals surface area contributed by atoms with Crippen LogP contribution in [0.3, 0.4) is 0 Å². The maximum Gasteiger partial charge on any atom is 0.119 e. The van der Waals surface area contributed by atoms with Crippen LogP contribution in [0.2, 0.25) is 5.02 Å². The molecule has 0 heterocycles. The standard InChI is InChI=1S/C14H13ClN2OS/c1-18-11-5-3-10(4-6-11)17-13-8-9(15)2-7-12(13)14(16)19/h2-8,17H,1H3,(H2,16,19). The van der Waals surface area contributed by atoms with Gasteiger partial charge in [-0.15, -0.1) is 0 Å². The molecule has 5 heteroatoms. The first-order chi connectivity index (χ1) is 9.10. The molecule has 0 radical (unpaired) electrons. The van der Waals surface area contributed by atoms with E-state index in [1.807, 2.05) is 24.3 Å². The van der Waals surface area contributed by atoms with Gasteiger partial charge < -0.3 is 15.8 Å². The van der Waals surface area contributed by atoms with Gasteiger partial charge in [-0.2, -0.15) is 0 Å². The molecule has 3 N–H and O–H groups in total. The lowest BCUT2D eigenvalue weighted by Crippen LogP contribution is -2.11. The Hall–Kier alpha value is -1.78. The van der Waals surface area contributed by atoms with Crippen LogP contribution in [0.4, 0.5) is 11.4 Å². The fourth-order valence-electron chi connectivity index (χ4n) is 1.66. The van der Waals surface area contributed by atoms with Gasteiger partial charge in [-0.05, 0) is 42.5 Å². The first kappa shape index (κ1) is 13.6. The molecule has 0 saturated carbocycles. The molecular weight excluding hydrogens is 280 g/mol. The number of benzene rings is 2. The third kappa shape index (κ3) is 3.36. The fraction of sp³-hybridized carbons (Fsp3) is 0.0714. The number of hydrogen-bond acceptors (Lipinski definition) is 3. The molecule has 98 valence electrons. The first-order valence-corrected chi connectivity index (χ1v) is 6.39. The van der Waals surface area contributed by atoms with E-state index in [1.165, 1.54) is 0 Å². The Kier molecular flexibility index (Phi) is 4.24. The highest BCUT2D eigenvalue weighted by molar-refractivity contribution is 7.80. The number of nitrogens with one attached hydrogen (secondary N) is 1. The van der Waals surface area contributed by atoms with Gasteiger partial charge >= 0.3 is 0 Å². The van der Waals surface area contributed by atoms with Gasteiger partial charge in [0.05, 0.1) is 12.8 Å². The number of rotatable bonds is 4. The van der Waals surface area contributed by atoms with Crippen LogP contribution < -0.4 is 15.8 Å². The van der Waals surface area contributed by atoms with Crippen molar-refractivity contribution in [1.82, 2.24) is 0 Å². The van der Waals surface area contributed by atoms with E-state index >= 15 is 0 Å². The molecule has 0 aliphatic rings. The maximum atomic E-state index is 5.99. The van der Waals surface area contributed by atoms with Crippen LogP contribution in [0, 0.1) is 0 Å². The predicted octanol–water partition coefficient (Wildman–Crippen LogP) is 3.73. The monoisotopic (exact) mass is 292 g/mol. The summed E-state index contributed by atoms with van der Waals surface area (Å²) in [7, 11) is 1.63. The molecule has 0 bridgehead atoms. The average Bonchev–Trinajstić information content (AvgIpc) is 2.39. The molecule has 0 spiro atoms. The van der Waals surface area contributed by atoms with Gasteiger partial charge in [0.1, 0.15) is 10.7 Å². The SMILES string of the molecule is COc1ccc(Nc2cc(Cl)ccc2C(N)=S)cc1. The van der Waals surface area contributed by atoms with E-state index < -0.39 is 0 Å². The van der Waals surface area contributed by atoms with Crippen LogP contribution in [0.1, 0.15) is 5.56 Å². The topological polar surface area (TPSA) is 47.3 Å². The van der Waals surface area contributed by atoms with E-state index in [1.54, 1.807) is 25.3 Å². The van der Waals surface area contributed by atoms with E-state index in [9.17, 15) is 0 Å². The number of nitrogens with two attached hydrogens (primary N) is 1. The summed E-state index contributed by atoms with van der Waals surface area (Å²) in [6, 6.07) is 12.9. The van der Waals surface area contributed by atoms with Gasteiger partial charge in [-0.1, -0.05) is 23.8 Å². The van der Waals surface area contributed by atoms with Gasteiger partial charge in [0.2, 0.25) is 0 Å². The molecule has 0 amide bonds. The molecule has 19 heavy (non-hydrogen) atoms. The van der Waals surface area contributed by atoms with E-state index in [2.05, 4.69) is 5.32 Å². The highest BCUT2D eigenvalue weighted by Crippen LogP contribution is 2.25. The zero-order chi connectivity index (χ0) is 13.8. The lowest BCUT2D eigenvalue weighted by Gasteiger charge is -2.12. The van der Waals surface area contributed by atoms with E-state index in [0.29, 0.717) is 10.0 Å². The number of methoxy groups -OCH3 is 1. The summed E-state index contributed by atoms with van der Waals surface area (Å²) < 4.78 is 5.11. The Morgan fingerprint density at radius 1 is 1.21 bits per heavy atom. The summed E-state index contributed by atoms with van der Waals surface area (Å²) in [6.07, 6.45) is 0. The fourth-order valence-corrected chi connectivity index (χ4v) is 2.01. The smallest absolute Gasteiger partial charge is 0.119 e. The van der Waals surface area contributed by atoms with Crippen LogP contribution >= 0.6 is 23.8 Å². The lowest BCUT2D eigenvalue weighted by molar-refractivity contribution is 0.415. The van der Waals surface area contributed by atoms with Crippen molar-refractivity contribution in [1.29, 1.82) is 0 Å². The molecule has 2 rings (SSSR count). The molecule has 0 aliphatic carbocycles. The van der Waals surface area contributed by atoms with E-state index in [4.69, 9.17) is 34.3 Å². The Morgan fingerprint density at radius 2 is 1.89 bits per heavy atom. The van der Waals surface area contributed by atoms with Gasteiger partial charge in [-0.25, -0.2) is 0 Å². The van der Waals surface area contributed by atoms with Crippen LogP contribution in [-0.4, -0.2) is 12.1 Å². The molecule has 0 saturated heterocycles. The number of ether oxygens (including phenoxy) is 1. The van der Waals surface area contributed by atoms with Crippen molar-refractivity contribution in [2.45, 2.75) is 0 Å². The van der Waals surface area contributed by atoms with Crippen molar-refractivity contribution in [3.05, 3.63) is 53.1 Å². The minimum absolute atomic E-state index is 0.327. The molecule has 0 aliphatic heterocycles. The van der Waals surface area contributed by atoms with Crippen LogP contribution in [0.15, 0.2) is 42.5 Å². The summed E-state index contributed by atoms with van der Waals surface area (Å²) in [5.74, 6) is 0.797. The quantitative estimate of drug-likeness (QED) is 0.843. The van der Waals surface area contributed by atoms with E-state index in [0.717, 1.165) is 22.7 Å². The third-order valence-corrected chi connectivity index (χ3v) is 3.07. The van der Waals surface area contributed by atoms with Crippen molar-refractivity contribution in [3.8, 4) is 5.75 Å². The predicted molar refractivity (Wildman–Crippen MR) is 83.6 cm³/mol. The number of thiocarbonyl (C=S) groups is 1. The molecule has 3 nitrogen and oxygen atoms in total. The van der Waals surface area contributed by atoms with Crippen molar-refractivity contribution >= 4 is 40.2 Å². The number of halogens is 1. The summed E-state index contributed by atoms with van der Waals surface area (Å²) in [5.41, 5.74) is 8.14. The highest BCUT2D eigenvalue weighted by Gasteiger charge is 2.06. The van der Waals surface area contributed by atoms with Crippen molar-refractivity contribution < 1.29 is 4.74 Å². The molecule has 2 aromatic rings. The highest BCUT2D eigenvalue weighted by atomic mass is 35.5. The maximum absolute atomic E-state index is 5.99. The zero-order valence-electron chi connectivity index (χ0n) is 10.3. The Labute approximate surface area is 122 Å². The second kappa shape index (κ2) is 5.91. The average molecular weight is 293 g/mol. The van der Waals surface area contributed by atoms with Crippen LogP contribution in [-0.2, 0) is 0 Å². The molecule has 0 atom stereocenters. The molecule has 0 aromatic heterocycles. The number of anilines is 2. The second-order valence-electron chi connectivity index (χ2n) is 3.91. The third-order valence-electron chi connectivity index (χ3n) is 2.62. The van der Waals surface area contributed by atoms with Gasteiger partial charge in [0.15, 0.2) is 0 Å². The summed E-state index contributed by atoms with van der Waals surface area (Å²) in [4.78, 5) is 0.327. The minimum atomic E-state index is 0.327. The lowest BCUT2D eigenvalue weighted by atomic mass is 10.1. The van der Waals surface area contributed by atoms with Crippen LogP contribution in [0.5, 0.6) is 5.75 Å². The Bertz CT molecular complexity index is 599. The second-order valence-corrected chi connectivity index (χ2v) is 4.78. The van der Waals surface area contributed by atoms with Gasteiger partial charge in [-0.3, -0.25) is 0 Å². The normalized spacial score (nSPS) is 10.0. The van der Waals surface area contributed by atoms with Gasteiger partial charge in [0.25, 0.3) is 0 Å². The summed E-state index contributed by atoms with van der Waals surface area (Å²) in [6.45, 7) is 0. The Balaban J connectivity index is 2.31. The first-order valence-electron chi connectivity index (χ1n) is 5.60. The molecule has 2 aromatic carbocycles. The van der Waals surface area contributed by atoms with Gasteiger partial charge in [0, 0.05) is 16.3 Å². The summed E-state index contributed by atoms with van der Waals surface area (Å²) >= 11 is 11.0. The van der Waals surface area contributed by atoms with Crippen molar-refractivity contribution in [2.24, 2.45) is 5.73 Å². The zero-order valence-corrected chi connectivity index (χ0v) is 11.9. The molecule has 0 fully saturated rings.